The van der Waals surface area contributed by atoms with Gasteiger partial charge in [0.1, 0.15) is 0 Å². The number of hydrogen-bond donors (Lipinski definition) is 2. The maximum atomic E-state index is 11.7. The van der Waals surface area contributed by atoms with Crippen LogP contribution in [0, 0.1) is 5.92 Å². The average molecular weight is 242 g/mol. The fraction of sp³-hybridized carbons (Fsp3) is 0.923. The smallest absolute Gasteiger partial charge is 0.236 e. The molecule has 1 aliphatic rings. The highest BCUT2D eigenvalue weighted by molar-refractivity contribution is 5.81. The fourth-order valence-corrected chi connectivity index (χ4v) is 1.97. The first-order valence-electron chi connectivity index (χ1n) is 6.70. The van der Waals surface area contributed by atoms with Crippen LogP contribution >= 0.6 is 0 Å². The van der Waals surface area contributed by atoms with Crippen molar-refractivity contribution in [1.82, 2.24) is 10.6 Å². The van der Waals surface area contributed by atoms with Gasteiger partial charge in [-0.2, -0.15) is 0 Å². The number of nitrogens with one attached hydrogen (secondary N) is 2. The summed E-state index contributed by atoms with van der Waals surface area (Å²) in [5, 5.41) is 6.27. The van der Waals surface area contributed by atoms with E-state index in [-0.39, 0.29) is 11.9 Å². The molecule has 2 N–H and O–H groups in total. The van der Waals surface area contributed by atoms with Crippen molar-refractivity contribution in [3.05, 3.63) is 0 Å². The Hall–Kier alpha value is -0.610. The summed E-state index contributed by atoms with van der Waals surface area (Å²) in [5.74, 6) is 0.965. The third-order valence-electron chi connectivity index (χ3n) is 3.29. The number of methoxy groups -OCH3 is 1. The Morgan fingerprint density at radius 2 is 2.18 bits per heavy atom. The number of rotatable bonds is 9. The second-order valence-electron chi connectivity index (χ2n) is 4.96. The molecule has 0 aromatic heterocycles. The molecule has 0 spiro atoms. The van der Waals surface area contributed by atoms with Gasteiger partial charge in [0, 0.05) is 19.7 Å². The molecule has 1 aliphatic carbocycles. The zero-order chi connectivity index (χ0) is 12.7. The van der Waals surface area contributed by atoms with E-state index in [4.69, 9.17) is 4.74 Å². The molecule has 0 saturated heterocycles. The lowest BCUT2D eigenvalue weighted by Crippen LogP contribution is -2.47. The predicted molar refractivity (Wildman–Crippen MR) is 68.9 cm³/mol. The van der Waals surface area contributed by atoms with Crippen molar-refractivity contribution < 1.29 is 9.53 Å². The minimum absolute atomic E-state index is 0.0660. The summed E-state index contributed by atoms with van der Waals surface area (Å²) in [6.07, 6.45) is 5.04. The molecular formula is C13H26N2O2. The first-order chi connectivity index (χ1) is 8.17. The summed E-state index contributed by atoms with van der Waals surface area (Å²) in [6.45, 7) is 5.26. The molecule has 2 atom stereocenters. The van der Waals surface area contributed by atoms with Gasteiger partial charge in [-0.1, -0.05) is 19.8 Å². The molecule has 0 aromatic carbocycles. The predicted octanol–water partition coefficient (Wildman–Crippen LogP) is 1.31. The van der Waals surface area contributed by atoms with Crippen molar-refractivity contribution in [3.63, 3.8) is 0 Å². The van der Waals surface area contributed by atoms with E-state index in [1.54, 1.807) is 7.11 Å². The second kappa shape index (κ2) is 7.67. The zero-order valence-corrected chi connectivity index (χ0v) is 11.3. The van der Waals surface area contributed by atoms with Gasteiger partial charge in [-0.15, -0.1) is 0 Å². The van der Waals surface area contributed by atoms with Crippen molar-refractivity contribution in [2.24, 2.45) is 5.92 Å². The second-order valence-corrected chi connectivity index (χ2v) is 4.96. The molecule has 0 heterocycles. The number of amides is 1. The lowest BCUT2D eigenvalue weighted by Gasteiger charge is -2.21. The third-order valence-corrected chi connectivity index (χ3v) is 3.29. The molecule has 1 rings (SSSR count). The number of ether oxygens (including phenoxy) is 1. The van der Waals surface area contributed by atoms with Gasteiger partial charge in [-0.3, -0.25) is 4.79 Å². The first-order valence-corrected chi connectivity index (χ1v) is 6.70. The van der Waals surface area contributed by atoms with Crippen molar-refractivity contribution in [1.29, 1.82) is 0 Å². The van der Waals surface area contributed by atoms with E-state index < -0.39 is 0 Å². The topological polar surface area (TPSA) is 50.4 Å². The van der Waals surface area contributed by atoms with E-state index in [1.807, 2.05) is 6.92 Å². The van der Waals surface area contributed by atoms with Gasteiger partial charge < -0.3 is 15.4 Å². The Morgan fingerprint density at radius 1 is 1.47 bits per heavy atom. The van der Waals surface area contributed by atoms with Crippen molar-refractivity contribution in [2.45, 2.75) is 51.6 Å². The highest BCUT2D eigenvalue weighted by atomic mass is 16.5. The average Bonchev–Trinajstić information content (AvgIpc) is 3.12. The SMILES string of the molecule is CCC(CC1CC1)NC(C)C(=O)NCCOC. The largest absolute Gasteiger partial charge is 0.383 e. The maximum absolute atomic E-state index is 11.7. The fourth-order valence-electron chi connectivity index (χ4n) is 1.97. The molecule has 100 valence electrons. The highest BCUT2D eigenvalue weighted by Gasteiger charge is 2.26. The summed E-state index contributed by atoms with van der Waals surface area (Å²) in [5.41, 5.74) is 0. The zero-order valence-electron chi connectivity index (χ0n) is 11.3. The van der Waals surface area contributed by atoms with E-state index in [0.29, 0.717) is 19.2 Å². The minimum atomic E-state index is -0.115. The van der Waals surface area contributed by atoms with Gasteiger partial charge in [0.15, 0.2) is 0 Å². The van der Waals surface area contributed by atoms with Crippen molar-refractivity contribution in [3.8, 4) is 0 Å². The Kier molecular flexibility index (Phi) is 6.52. The van der Waals surface area contributed by atoms with Crippen molar-refractivity contribution in [2.75, 3.05) is 20.3 Å². The Bertz CT molecular complexity index is 229. The minimum Gasteiger partial charge on any atom is -0.383 e. The molecule has 17 heavy (non-hydrogen) atoms. The van der Waals surface area contributed by atoms with Crippen LogP contribution in [0.4, 0.5) is 0 Å². The lowest BCUT2D eigenvalue weighted by molar-refractivity contribution is -0.123. The van der Waals surface area contributed by atoms with Gasteiger partial charge in [0.05, 0.1) is 12.6 Å². The standard InChI is InChI=1S/C13H26N2O2/c1-4-12(9-11-5-6-11)15-10(2)13(16)14-7-8-17-3/h10-12,15H,4-9H2,1-3H3,(H,14,16). The molecule has 4 heteroatoms. The highest BCUT2D eigenvalue weighted by Crippen LogP contribution is 2.34. The molecule has 0 bridgehead atoms. The number of hydrogen-bond acceptors (Lipinski definition) is 3. The van der Waals surface area contributed by atoms with Gasteiger partial charge in [-0.25, -0.2) is 0 Å². The first kappa shape index (κ1) is 14.5. The molecule has 1 fully saturated rings. The van der Waals surface area contributed by atoms with Crippen LogP contribution in [-0.4, -0.2) is 38.3 Å². The molecular weight excluding hydrogens is 216 g/mol. The molecule has 0 aromatic rings. The number of carbonyl (C=O) groups is 1. The molecule has 4 nitrogen and oxygen atoms in total. The van der Waals surface area contributed by atoms with Crippen LogP contribution in [0.3, 0.4) is 0 Å². The Morgan fingerprint density at radius 3 is 2.71 bits per heavy atom. The lowest BCUT2D eigenvalue weighted by atomic mass is 10.1. The summed E-state index contributed by atoms with van der Waals surface area (Å²) in [7, 11) is 1.64. The summed E-state index contributed by atoms with van der Waals surface area (Å²) < 4.78 is 4.90. The molecule has 1 saturated carbocycles. The van der Waals surface area contributed by atoms with Crippen LogP contribution in [-0.2, 0) is 9.53 Å². The van der Waals surface area contributed by atoms with E-state index in [9.17, 15) is 4.79 Å². The Balaban J connectivity index is 2.19. The van der Waals surface area contributed by atoms with Crippen molar-refractivity contribution >= 4 is 5.91 Å². The maximum Gasteiger partial charge on any atom is 0.236 e. The molecule has 2 unspecified atom stereocenters. The summed E-state index contributed by atoms with van der Waals surface area (Å²) in [6, 6.07) is 0.362. The summed E-state index contributed by atoms with van der Waals surface area (Å²) in [4.78, 5) is 11.7. The number of carbonyl (C=O) groups excluding carboxylic acids is 1. The van der Waals surface area contributed by atoms with Crippen LogP contribution in [0.25, 0.3) is 0 Å². The van der Waals surface area contributed by atoms with Crippen LogP contribution in [0.5, 0.6) is 0 Å². The van der Waals surface area contributed by atoms with Gasteiger partial charge >= 0.3 is 0 Å². The monoisotopic (exact) mass is 242 g/mol. The van der Waals surface area contributed by atoms with Crippen LogP contribution < -0.4 is 10.6 Å². The normalized spacial score (nSPS) is 18.8. The quantitative estimate of drug-likeness (QED) is 0.599. The van der Waals surface area contributed by atoms with Crippen LogP contribution in [0.15, 0.2) is 0 Å². The molecule has 0 aliphatic heterocycles. The van der Waals surface area contributed by atoms with Gasteiger partial charge in [-0.05, 0) is 25.7 Å². The third kappa shape index (κ3) is 6.03. The van der Waals surface area contributed by atoms with E-state index in [1.165, 1.54) is 19.3 Å². The van der Waals surface area contributed by atoms with Gasteiger partial charge in [0.25, 0.3) is 0 Å². The molecule has 1 amide bonds. The van der Waals surface area contributed by atoms with Crippen LogP contribution in [0.2, 0.25) is 0 Å². The van der Waals surface area contributed by atoms with E-state index >= 15 is 0 Å². The molecule has 0 radical (unpaired) electrons. The van der Waals surface area contributed by atoms with E-state index in [0.717, 1.165) is 12.3 Å². The van der Waals surface area contributed by atoms with Gasteiger partial charge in [0.2, 0.25) is 5.91 Å². The Labute approximate surface area is 104 Å². The summed E-state index contributed by atoms with van der Waals surface area (Å²) >= 11 is 0. The van der Waals surface area contributed by atoms with Crippen LogP contribution in [0.1, 0.15) is 39.5 Å². The van der Waals surface area contributed by atoms with E-state index in [2.05, 4.69) is 17.6 Å².